The van der Waals surface area contributed by atoms with E-state index in [9.17, 15) is 10.5 Å². The molecule has 0 saturated heterocycles. The molecule has 3 rings (SSSR count). The summed E-state index contributed by atoms with van der Waals surface area (Å²) < 4.78 is 0. The highest BCUT2D eigenvalue weighted by Gasteiger charge is 2.34. The molecule has 33 heavy (non-hydrogen) atoms. The highest BCUT2D eigenvalue weighted by molar-refractivity contribution is 6.30. The average Bonchev–Trinajstić information content (AvgIpc) is 2.81. The third kappa shape index (κ3) is 6.37. The summed E-state index contributed by atoms with van der Waals surface area (Å²) in [6.07, 6.45) is 0.759. The van der Waals surface area contributed by atoms with Crippen LogP contribution in [0.3, 0.4) is 0 Å². The minimum Gasteiger partial charge on any atom is -0.305 e. The van der Waals surface area contributed by atoms with Crippen LogP contribution in [0.4, 0.5) is 0 Å². The van der Waals surface area contributed by atoms with Gasteiger partial charge < -0.3 is 5.32 Å². The van der Waals surface area contributed by atoms with E-state index in [1.54, 1.807) is 0 Å². The molecule has 0 aliphatic carbocycles. The Balaban J connectivity index is 1.99. The van der Waals surface area contributed by atoms with E-state index in [0.717, 1.165) is 23.1 Å². The molecule has 5 heteroatoms. The maximum absolute atomic E-state index is 9.92. The summed E-state index contributed by atoms with van der Waals surface area (Å²) in [5, 5.41) is 24.4. The van der Waals surface area contributed by atoms with E-state index in [2.05, 4.69) is 30.4 Å². The predicted molar refractivity (Wildman–Crippen MR) is 135 cm³/mol. The third-order valence-corrected chi connectivity index (χ3v) is 6.52. The SMILES string of the molecule is CC(N[C@@H](c1cccc(Cl)c1)C(C)(C)C#N)C(Cc1ccc(Cl)cc1)c1cccc(C#N)c1. The first-order valence-corrected chi connectivity index (χ1v) is 11.7. The fourth-order valence-corrected chi connectivity index (χ4v) is 4.47. The molecule has 0 spiro atoms. The van der Waals surface area contributed by atoms with Gasteiger partial charge in [0.25, 0.3) is 0 Å². The zero-order valence-electron chi connectivity index (χ0n) is 19.0. The lowest BCUT2D eigenvalue weighted by molar-refractivity contribution is 0.281. The van der Waals surface area contributed by atoms with Crippen molar-refractivity contribution in [3.05, 3.63) is 105 Å². The standard InChI is InChI=1S/C28H27Cl2N3/c1-19(33-27(28(2,3)18-32)23-8-5-9-25(30)16-23)26(15-20-10-12-24(29)13-11-20)22-7-4-6-21(14-22)17-31/h4-14,16,19,26-27,33H,15H2,1-3H3/t19?,26?,27-/m0/s1. The fraction of sp³-hybridized carbons (Fsp3) is 0.286. The smallest absolute Gasteiger partial charge is 0.0991 e. The number of benzene rings is 3. The number of halogens is 2. The van der Waals surface area contributed by atoms with E-state index >= 15 is 0 Å². The van der Waals surface area contributed by atoms with Crippen molar-refractivity contribution in [1.82, 2.24) is 5.32 Å². The van der Waals surface area contributed by atoms with E-state index in [4.69, 9.17) is 23.2 Å². The van der Waals surface area contributed by atoms with Crippen molar-refractivity contribution in [2.75, 3.05) is 0 Å². The molecule has 0 bridgehead atoms. The Kier molecular flexibility index (Phi) is 8.17. The van der Waals surface area contributed by atoms with Crippen LogP contribution in [0.5, 0.6) is 0 Å². The highest BCUT2D eigenvalue weighted by Crippen LogP contribution is 2.36. The molecule has 3 aromatic carbocycles. The van der Waals surface area contributed by atoms with E-state index in [0.29, 0.717) is 15.6 Å². The topological polar surface area (TPSA) is 59.6 Å². The molecule has 0 saturated carbocycles. The maximum Gasteiger partial charge on any atom is 0.0991 e. The van der Waals surface area contributed by atoms with E-state index in [1.165, 1.54) is 0 Å². The van der Waals surface area contributed by atoms with Gasteiger partial charge in [0, 0.05) is 22.0 Å². The van der Waals surface area contributed by atoms with Crippen molar-refractivity contribution >= 4 is 23.2 Å². The lowest BCUT2D eigenvalue weighted by Gasteiger charge is -2.36. The minimum atomic E-state index is -0.668. The van der Waals surface area contributed by atoms with Crippen molar-refractivity contribution in [1.29, 1.82) is 10.5 Å². The molecule has 0 radical (unpaired) electrons. The summed E-state index contributed by atoms with van der Waals surface area (Å²) >= 11 is 12.4. The van der Waals surface area contributed by atoms with Crippen LogP contribution in [0, 0.1) is 28.1 Å². The maximum atomic E-state index is 9.92. The minimum absolute atomic E-state index is 0.00812. The van der Waals surface area contributed by atoms with Gasteiger partial charge in [0.05, 0.1) is 29.2 Å². The lowest BCUT2D eigenvalue weighted by Crippen LogP contribution is -2.42. The molecule has 1 N–H and O–H groups in total. The molecule has 0 fully saturated rings. The van der Waals surface area contributed by atoms with Crippen molar-refractivity contribution in [2.45, 2.75) is 45.2 Å². The van der Waals surface area contributed by atoms with Gasteiger partial charge in [-0.3, -0.25) is 0 Å². The Hall–Kier alpha value is -2.82. The number of hydrogen-bond donors (Lipinski definition) is 1. The Bertz CT molecular complexity index is 1170. The number of nitrogens with zero attached hydrogens (tertiary/aromatic N) is 2. The predicted octanol–water partition coefficient (Wildman–Crippen LogP) is 7.46. The molecule has 0 aliphatic heterocycles. The van der Waals surface area contributed by atoms with Crippen LogP contribution in [-0.4, -0.2) is 6.04 Å². The van der Waals surface area contributed by atoms with E-state index < -0.39 is 5.41 Å². The molecule has 0 aromatic heterocycles. The zero-order valence-corrected chi connectivity index (χ0v) is 20.5. The monoisotopic (exact) mass is 475 g/mol. The molecule has 0 amide bonds. The van der Waals surface area contributed by atoms with Gasteiger partial charge >= 0.3 is 0 Å². The van der Waals surface area contributed by atoms with Crippen molar-refractivity contribution in [3.8, 4) is 12.1 Å². The fourth-order valence-electron chi connectivity index (χ4n) is 4.15. The molecule has 168 valence electrons. The first-order valence-electron chi connectivity index (χ1n) is 10.9. The Morgan fingerprint density at radius 3 is 2.18 bits per heavy atom. The van der Waals surface area contributed by atoms with E-state index in [-0.39, 0.29) is 18.0 Å². The van der Waals surface area contributed by atoms with Crippen LogP contribution in [0.25, 0.3) is 0 Å². The van der Waals surface area contributed by atoms with Crippen LogP contribution < -0.4 is 5.32 Å². The molecule has 0 aliphatic rings. The van der Waals surface area contributed by atoms with Gasteiger partial charge in [-0.15, -0.1) is 0 Å². The van der Waals surface area contributed by atoms with Crippen LogP contribution in [0.2, 0.25) is 10.0 Å². The van der Waals surface area contributed by atoms with Crippen molar-refractivity contribution in [3.63, 3.8) is 0 Å². The highest BCUT2D eigenvalue weighted by atomic mass is 35.5. The van der Waals surface area contributed by atoms with Crippen LogP contribution in [-0.2, 0) is 6.42 Å². The van der Waals surface area contributed by atoms with Crippen LogP contribution >= 0.6 is 23.2 Å². The molecule has 3 atom stereocenters. The quantitative estimate of drug-likeness (QED) is 0.367. The van der Waals surface area contributed by atoms with Gasteiger partial charge in [-0.1, -0.05) is 59.6 Å². The van der Waals surface area contributed by atoms with Gasteiger partial charge in [-0.25, -0.2) is 0 Å². The second-order valence-electron chi connectivity index (χ2n) is 8.95. The van der Waals surface area contributed by atoms with Crippen LogP contribution in [0.15, 0.2) is 72.8 Å². The summed E-state index contributed by atoms with van der Waals surface area (Å²) in [5.41, 5.74) is 3.16. The Morgan fingerprint density at radius 1 is 0.879 bits per heavy atom. The Labute approximate surface area is 206 Å². The summed E-state index contributed by atoms with van der Waals surface area (Å²) in [4.78, 5) is 0. The number of hydrogen-bond acceptors (Lipinski definition) is 3. The molecule has 0 heterocycles. The summed E-state index contributed by atoms with van der Waals surface area (Å²) in [5.74, 6) is 0.0654. The van der Waals surface area contributed by atoms with Gasteiger partial charge in [-0.2, -0.15) is 10.5 Å². The average molecular weight is 476 g/mol. The van der Waals surface area contributed by atoms with Crippen LogP contribution in [0.1, 0.15) is 55.0 Å². The number of nitriles is 2. The molecule has 3 aromatic rings. The zero-order chi connectivity index (χ0) is 24.0. The molecular weight excluding hydrogens is 449 g/mol. The third-order valence-electron chi connectivity index (χ3n) is 6.04. The first-order chi connectivity index (χ1) is 15.7. The second-order valence-corrected chi connectivity index (χ2v) is 9.82. The summed E-state index contributed by atoms with van der Waals surface area (Å²) in [7, 11) is 0. The Morgan fingerprint density at radius 2 is 1.55 bits per heavy atom. The van der Waals surface area contributed by atoms with Crippen molar-refractivity contribution in [2.24, 2.45) is 5.41 Å². The second kappa shape index (κ2) is 10.9. The normalized spacial score (nSPS) is 14.0. The van der Waals surface area contributed by atoms with Gasteiger partial charge in [-0.05, 0) is 80.3 Å². The number of rotatable bonds is 8. The molecular formula is C28H27Cl2N3. The number of nitrogens with one attached hydrogen (secondary N) is 1. The molecule has 2 unspecified atom stereocenters. The summed E-state index contributed by atoms with van der Waals surface area (Å²) in [6.45, 7) is 6.00. The molecule has 3 nitrogen and oxygen atoms in total. The van der Waals surface area contributed by atoms with Gasteiger partial charge in [0.15, 0.2) is 0 Å². The van der Waals surface area contributed by atoms with Gasteiger partial charge in [0.2, 0.25) is 0 Å². The summed E-state index contributed by atoms with van der Waals surface area (Å²) in [6, 6.07) is 27.7. The lowest BCUT2D eigenvalue weighted by atomic mass is 9.79. The van der Waals surface area contributed by atoms with E-state index in [1.807, 2.05) is 80.6 Å². The van der Waals surface area contributed by atoms with Crippen molar-refractivity contribution < 1.29 is 0 Å². The van der Waals surface area contributed by atoms with Gasteiger partial charge in [0.1, 0.15) is 0 Å². The largest absolute Gasteiger partial charge is 0.305 e. The first kappa shape index (κ1) is 24.8.